The highest BCUT2D eigenvalue weighted by Crippen LogP contribution is 2.24. The van der Waals surface area contributed by atoms with Crippen LogP contribution in [0.15, 0.2) is 71.6 Å². The maximum Gasteiger partial charge on any atom is 0.261 e. The molecule has 10 heteroatoms. The average Bonchev–Trinajstić information content (AvgIpc) is 3.22. The van der Waals surface area contributed by atoms with Gasteiger partial charge in [-0.2, -0.15) is 0 Å². The molecule has 0 radical (unpaired) electrons. The van der Waals surface area contributed by atoms with Crippen molar-refractivity contribution in [1.29, 1.82) is 0 Å². The molecule has 0 saturated heterocycles. The van der Waals surface area contributed by atoms with E-state index in [2.05, 4.69) is 20.0 Å². The van der Waals surface area contributed by atoms with E-state index in [-0.39, 0.29) is 17.2 Å². The molecule has 0 fully saturated rings. The molecule has 3 aromatic carbocycles. The SMILES string of the molecule is CC(C)[C@H](NC(=O)c1cccc(NS(=O)(=O)c2ccc(F)c(F)c2)c1)c1nc2ccccc2[nH]1. The molecule has 176 valence electrons. The van der Waals surface area contributed by atoms with Gasteiger partial charge in [0.1, 0.15) is 5.82 Å². The number of anilines is 1. The van der Waals surface area contributed by atoms with E-state index in [4.69, 9.17) is 0 Å². The number of nitrogens with zero attached hydrogens (tertiary/aromatic N) is 1. The Morgan fingerprint density at radius 3 is 2.44 bits per heavy atom. The summed E-state index contributed by atoms with van der Waals surface area (Å²) < 4.78 is 54.1. The molecule has 1 amide bonds. The van der Waals surface area contributed by atoms with Gasteiger partial charge in [-0.25, -0.2) is 22.2 Å². The maximum atomic E-state index is 13.5. The number of carbonyl (C=O) groups is 1. The fourth-order valence-electron chi connectivity index (χ4n) is 3.48. The third kappa shape index (κ3) is 4.91. The van der Waals surface area contributed by atoms with E-state index in [1.807, 2.05) is 38.1 Å². The second-order valence-electron chi connectivity index (χ2n) is 8.10. The van der Waals surface area contributed by atoms with Crippen molar-refractivity contribution >= 4 is 32.7 Å². The summed E-state index contributed by atoms with van der Waals surface area (Å²) in [5, 5.41) is 2.94. The summed E-state index contributed by atoms with van der Waals surface area (Å²) in [6.45, 7) is 3.90. The van der Waals surface area contributed by atoms with Crippen LogP contribution < -0.4 is 10.0 Å². The Balaban J connectivity index is 1.55. The van der Waals surface area contributed by atoms with Crippen molar-refractivity contribution in [3.05, 3.63) is 89.8 Å². The minimum atomic E-state index is -4.19. The van der Waals surface area contributed by atoms with Crippen LogP contribution in [0.5, 0.6) is 0 Å². The van der Waals surface area contributed by atoms with Gasteiger partial charge in [0.25, 0.3) is 15.9 Å². The first-order valence-corrected chi connectivity index (χ1v) is 12.0. The number of imidazole rings is 1. The molecule has 0 aliphatic heterocycles. The van der Waals surface area contributed by atoms with Crippen molar-refractivity contribution in [2.75, 3.05) is 4.72 Å². The highest BCUT2D eigenvalue weighted by Gasteiger charge is 2.23. The van der Waals surface area contributed by atoms with E-state index < -0.39 is 38.5 Å². The molecule has 0 saturated carbocycles. The number of para-hydroxylation sites is 2. The van der Waals surface area contributed by atoms with Gasteiger partial charge < -0.3 is 10.3 Å². The van der Waals surface area contributed by atoms with Gasteiger partial charge in [0.05, 0.1) is 22.0 Å². The normalized spacial score (nSPS) is 12.6. The number of hydrogen-bond donors (Lipinski definition) is 3. The molecule has 4 rings (SSSR count). The number of carbonyl (C=O) groups excluding carboxylic acids is 1. The van der Waals surface area contributed by atoms with Crippen LogP contribution in [0.2, 0.25) is 0 Å². The Morgan fingerprint density at radius 2 is 1.74 bits per heavy atom. The fraction of sp³-hybridized carbons (Fsp3) is 0.167. The summed E-state index contributed by atoms with van der Waals surface area (Å²) in [4.78, 5) is 20.4. The number of nitrogens with one attached hydrogen (secondary N) is 3. The molecule has 1 heterocycles. The van der Waals surface area contributed by atoms with E-state index in [0.717, 1.165) is 23.2 Å². The summed E-state index contributed by atoms with van der Waals surface area (Å²) in [5.41, 5.74) is 1.95. The number of hydrogen-bond acceptors (Lipinski definition) is 4. The fourth-order valence-corrected chi connectivity index (χ4v) is 4.54. The minimum absolute atomic E-state index is 0.0135. The molecule has 7 nitrogen and oxygen atoms in total. The third-order valence-electron chi connectivity index (χ3n) is 5.23. The first-order valence-electron chi connectivity index (χ1n) is 10.5. The lowest BCUT2D eigenvalue weighted by molar-refractivity contribution is 0.0923. The molecule has 0 spiro atoms. The number of rotatable bonds is 7. The standard InChI is InChI=1S/C24H22F2N4O3S/c1-14(2)22(23-27-20-8-3-4-9-21(20)28-23)29-24(31)15-6-5-7-16(12-15)30-34(32,33)17-10-11-18(25)19(26)13-17/h3-14,22,30H,1-2H3,(H,27,28)(H,29,31)/t22-/m0/s1. The second-order valence-corrected chi connectivity index (χ2v) is 9.78. The van der Waals surface area contributed by atoms with Gasteiger partial charge in [-0.3, -0.25) is 9.52 Å². The summed E-state index contributed by atoms with van der Waals surface area (Å²) in [7, 11) is -4.19. The molecule has 0 bridgehead atoms. The van der Waals surface area contributed by atoms with Crippen LogP contribution in [0.1, 0.15) is 36.1 Å². The molecule has 1 atom stereocenters. The lowest BCUT2D eigenvalue weighted by atomic mass is 10.0. The molecule has 0 unspecified atom stereocenters. The topological polar surface area (TPSA) is 104 Å². The van der Waals surface area contributed by atoms with E-state index in [9.17, 15) is 22.0 Å². The molecule has 4 aromatic rings. The van der Waals surface area contributed by atoms with Crippen LogP contribution in [0.25, 0.3) is 11.0 Å². The van der Waals surface area contributed by atoms with Gasteiger partial charge in [0.2, 0.25) is 0 Å². The monoisotopic (exact) mass is 484 g/mol. The summed E-state index contributed by atoms with van der Waals surface area (Å²) >= 11 is 0. The molecule has 0 aliphatic rings. The first-order chi connectivity index (χ1) is 16.1. The highest BCUT2D eigenvalue weighted by molar-refractivity contribution is 7.92. The molecule has 1 aromatic heterocycles. The molecular formula is C24H22F2N4O3S. The number of aromatic nitrogens is 2. The highest BCUT2D eigenvalue weighted by atomic mass is 32.2. The molecular weight excluding hydrogens is 462 g/mol. The molecule has 3 N–H and O–H groups in total. The Hall–Kier alpha value is -3.79. The third-order valence-corrected chi connectivity index (χ3v) is 6.61. The molecule has 0 aliphatic carbocycles. The Morgan fingerprint density at radius 1 is 0.971 bits per heavy atom. The minimum Gasteiger partial charge on any atom is -0.342 e. The zero-order valence-corrected chi connectivity index (χ0v) is 19.2. The average molecular weight is 485 g/mol. The van der Waals surface area contributed by atoms with Gasteiger partial charge >= 0.3 is 0 Å². The summed E-state index contributed by atoms with van der Waals surface area (Å²) in [5.74, 6) is -2.23. The maximum absolute atomic E-state index is 13.5. The van der Waals surface area contributed by atoms with Crippen molar-refractivity contribution in [3.8, 4) is 0 Å². The van der Waals surface area contributed by atoms with E-state index in [0.29, 0.717) is 11.9 Å². The quantitative estimate of drug-likeness (QED) is 0.352. The van der Waals surface area contributed by atoms with E-state index in [1.165, 1.54) is 18.2 Å². The first kappa shape index (κ1) is 23.4. The van der Waals surface area contributed by atoms with Gasteiger partial charge in [-0.05, 0) is 54.4 Å². The van der Waals surface area contributed by atoms with E-state index >= 15 is 0 Å². The van der Waals surface area contributed by atoms with Gasteiger partial charge in [0, 0.05) is 11.3 Å². The van der Waals surface area contributed by atoms with Gasteiger partial charge in [-0.1, -0.05) is 32.0 Å². The van der Waals surface area contributed by atoms with Gasteiger partial charge in [0.15, 0.2) is 11.6 Å². The van der Waals surface area contributed by atoms with Crippen LogP contribution in [-0.2, 0) is 10.0 Å². The number of sulfonamides is 1. The van der Waals surface area contributed by atoms with Crippen LogP contribution in [0, 0.1) is 17.6 Å². The van der Waals surface area contributed by atoms with Crippen molar-refractivity contribution in [1.82, 2.24) is 15.3 Å². The smallest absolute Gasteiger partial charge is 0.261 e. The zero-order valence-electron chi connectivity index (χ0n) is 18.3. The Bertz CT molecular complexity index is 1440. The number of fused-ring (bicyclic) bond motifs is 1. The van der Waals surface area contributed by atoms with Gasteiger partial charge in [-0.15, -0.1) is 0 Å². The summed E-state index contributed by atoms with van der Waals surface area (Å²) in [6.07, 6.45) is 0. The number of halogens is 2. The van der Waals surface area contributed by atoms with Crippen LogP contribution in [0.4, 0.5) is 14.5 Å². The summed E-state index contributed by atoms with van der Waals surface area (Å²) in [6, 6.07) is 15.3. The lowest BCUT2D eigenvalue weighted by Gasteiger charge is -2.20. The lowest BCUT2D eigenvalue weighted by Crippen LogP contribution is -2.32. The van der Waals surface area contributed by atoms with Crippen molar-refractivity contribution in [2.45, 2.75) is 24.8 Å². The van der Waals surface area contributed by atoms with Crippen molar-refractivity contribution in [3.63, 3.8) is 0 Å². The molecule has 34 heavy (non-hydrogen) atoms. The second kappa shape index (κ2) is 9.22. The predicted octanol–water partition coefficient (Wildman–Crippen LogP) is 4.77. The van der Waals surface area contributed by atoms with Crippen LogP contribution in [0.3, 0.4) is 0 Å². The van der Waals surface area contributed by atoms with Crippen LogP contribution >= 0.6 is 0 Å². The number of aromatic amines is 1. The van der Waals surface area contributed by atoms with Crippen molar-refractivity contribution < 1.29 is 22.0 Å². The zero-order chi connectivity index (χ0) is 24.5. The largest absolute Gasteiger partial charge is 0.342 e. The Kier molecular flexibility index (Phi) is 6.34. The Labute approximate surface area is 195 Å². The number of amides is 1. The van der Waals surface area contributed by atoms with Crippen LogP contribution in [-0.4, -0.2) is 24.3 Å². The van der Waals surface area contributed by atoms with Crippen molar-refractivity contribution in [2.24, 2.45) is 5.92 Å². The van der Waals surface area contributed by atoms with E-state index in [1.54, 1.807) is 6.07 Å². The predicted molar refractivity (Wildman–Crippen MR) is 125 cm³/mol. The number of benzene rings is 3. The number of H-pyrrole nitrogens is 1.